The molecule has 0 radical (unpaired) electrons. The van der Waals surface area contributed by atoms with Crippen LogP contribution in [0.5, 0.6) is 0 Å². The molecule has 0 aromatic rings. The summed E-state index contributed by atoms with van der Waals surface area (Å²) in [4.78, 5) is 13.6. The number of carbonyl (C=O) groups is 1. The normalized spacial score (nSPS) is 10.9. The fourth-order valence-corrected chi connectivity index (χ4v) is 1.27. The molecule has 0 saturated carbocycles. The molecule has 1 N–H and O–H groups in total. The molecule has 0 saturated heterocycles. The zero-order chi connectivity index (χ0) is 12.6. The average Bonchev–Trinajstić information content (AvgIpc) is 2.20. The van der Waals surface area contributed by atoms with Crippen molar-refractivity contribution in [2.24, 2.45) is 5.92 Å². The number of carbonyl (C=O) groups excluding carboxylic acids is 1. The van der Waals surface area contributed by atoms with E-state index in [2.05, 4.69) is 25.2 Å². The van der Waals surface area contributed by atoms with Crippen molar-refractivity contribution < 1.29 is 4.79 Å². The Balaban J connectivity index is 3.99. The van der Waals surface area contributed by atoms with E-state index in [-0.39, 0.29) is 11.9 Å². The van der Waals surface area contributed by atoms with Gasteiger partial charge in [0, 0.05) is 25.6 Å². The lowest BCUT2D eigenvalue weighted by Crippen LogP contribution is -2.42. The lowest BCUT2D eigenvalue weighted by molar-refractivity contribution is -0.122. The summed E-state index contributed by atoms with van der Waals surface area (Å²) in [6, 6.07) is 2.39. The molecule has 4 heteroatoms. The lowest BCUT2D eigenvalue weighted by atomic mass is 10.2. The molecule has 92 valence electrons. The molecule has 0 aliphatic carbocycles. The smallest absolute Gasteiger partial charge is 0.234 e. The molecule has 4 nitrogen and oxygen atoms in total. The summed E-state index contributed by atoms with van der Waals surface area (Å²) < 4.78 is 0. The van der Waals surface area contributed by atoms with E-state index in [1.165, 1.54) is 0 Å². The van der Waals surface area contributed by atoms with Crippen LogP contribution in [0.3, 0.4) is 0 Å². The van der Waals surface area contributed by atoms with E-state index in [1.54, 1.807) is 0 Å². The first kappa shape index (κ1) is 14.9. The number of nitrogens with one attached hydrogen (secondary N) is 1. The largest absolute Gasteiger partial charge is 0.355 e. The van der Waals surface area contributed by atoms with Crippen molar-refractivity contribution in [1.29, 1.82) is 5.26 Å². The van der Waals surface area contributed by atoms with E-state index in [0.717, 1.165) is 0 Å². The maximum absolute atomic E-state index is 11.6. The quantitative estimate of drug-likeness (QED) is 0.712. The highest BCUT2D eigenvalue weighted by atomic mass is 16.2. The molecule has 0 aliphatic heterocycles. The van der Waals surface area contributed by atoms with Crippen LogP contribution in [0.15, 0.2) is 0 Å². The summed E-state index contributed by atoms with van der Waals surface area (Å²) in [6.07, 6.45) is 0.468. The van der Waals surface area contributed by atoms with Crippen molar-refractivity contribution in [3.63, 3.8) is 0 Å². The van der Waals surface area contributed by atoms with Gasteiger partial charge in [0.25, 0.3) is 0 Å². The molecular formula is C12H23N3O. The molecule has 0 rings (SSSR count). The van der Waals surface area contributed by atoms with Gasteiger partial charge in [-0.15, -0.1) is 0 Å². The van der Waals surface area contributed by atoms with E-state index in [9.17, 15) is 4.79 Å². The minimum atomic E-state index is 0.0420. The van der Waals surface area contributed by atoms with Gasteiger partial charge in [-0.2, -0.15) is 5.26 Å². The first-order chi connectivity index (χ1) is 7.47. The number of nitriles is 1. The maximum atomic E-state index is 11.6. The van der Waals surface area contributed by atoms with Gasteiger partial charge in [-0.3, -0.25) is 9.69 Å². The molecule has 0 aromatic heterocycles. The molecule has 1 amide bonds. The fraction of sp³-hybridized carbons (Fsp3) is 0.833. The summed E-state index contributed by atoms with van der Waals surface area (Å²) in [5, 5.41) is 11.4. The van der Waals surface area contributed by atoms with Crippen LogP contribution in [-0.2, 0) is 4.79 Å². The summed E-state index contributed by atoms with van der Waals surface area (Å²) in [7, 11) is 0. The van der Waals surface area contributed by atoms with E-state index < -0.39 is 0 Å². The zero-order valence-electron chi connectivity index (χ0n) is 10.8. The van der Waals surface area contributed by atoms with Gasteiger partial charge in [0.15, 0.2) is 0 Å². The number of rotatable bonds is 7. The number of amides is 1. The third kappa shape index (κ3) is 7.24. The molecule has 0 aliphatic rings. The minimum Gasteiger partial charge on any atom is -0.355 e. The van der Waals surface area contributed by atoms with Crippen LogP contribution in [0.1, 0.15) is 34.1 Å². The Labute approximate surface area is 98.6 Å². The van der Waals surface area contributed by atoms with E-state index >= 15 is 0 Å². The summed E-state index contributed by atoms with van der Waals surface area (Å²) in [5.74, 6) is 0.510. The van der Waals surface area contributed by atoms with Gasteiger partial charge < -0.3 is 5.32 Å². The molecule has 0 aromatic carbocycles. The van der Waals surface area contributed by atoms with Crippen LogP contribution in [0, 0.1) is 17.2 Å². The Morgan fingerprint density at radius 3 is 2.44 bits per heavy atom. The Morgan fingerprint density at radius 2 is 2.00 bits per heavy atom. The first-order valence-electron chi connectivity index (χ1n) is 5.85. The number of hydrogen-bond acceptors (Lipinski definition) is 3. The van der Waals surface area contributed by atoms with Crippen LogP contribution in [0.2, 0.25) is 0 Å². The monoisotopic (exact) mass is 225 g/mol. The summed E-state index contributed by atoms with van der Waals surface area (Å²) >= 11 is 0. The minimum absolute atomic E-state index is 0.0420. The van der Waals surface area contributed by atoms with Crippen molar-refractivity contribution in [3.05, 3.63) is 0 Å². The second-order valence-corrected chi connectivity index (χ2v) is 4.67. The van der Waals surface area contributed by atoms with E-state index in [4.69, 9.17) is 5.26 Å². The highest BCUT2D eigenvalue weighted by molar-refractivity contribution is 5.78. The van der Waals surface area contributed by atoms with Crippen molar-refractivity contribution in [1.82, 2.24) is 10.2 Å². The summed E-state index contributed by atoms with van der Waals surface area (Å²) in [5.41, 5.74) is 0. The fourth-order valence-electron chi connectivity index (χ4n) is 1.27. The molecule has 0 fully saturated rings. The van der Waals surface area contributed by atoms with Crippen LogP contribution >= 0.6 is 0 Å². The van der Waals surface area contributed by atoms with Gasteiger partial charge in [-0.1, -0.05) is 13.8 Å². The Bertz CT molecular complexity index is 243. The van der Waals surface area contributed by atoms with Gasteiger partial charge in [0.05, 0.1) is 12.6 Å². The van der Waals surface area contributed by atoms with E-state index in [0.29, 0.717) is 32.0 Å². The average molecular weight is 225 g/mol. The first-order valence-corrected chi connectivity index (χ1v) is 5.85. The standard InChI is InChI=1S/C12H23N3O/c1-10(2)8-14-12(16)9-15(11(3)4)7-5-6-13/h10-11H,5,7-9H2,1-4H3,(H,14,16). The molecule has 0 spiro atoms. The molecular weight excluding hydrogens is 202 g/mol. The zero-order valence-corrected chi connectivity index (χ0v) is 10.8. The molecule has 0 unspecified atom stereocenters. The third-order valence-electron chi connectivity index (χ3n) is 2.30. The van der Waals surface area contributed by atoms with Crippen molar-refractivity contribution in [2.45, 2.75) is 40.2 Å². The van der Waals surface area contributed by atoms with Gasteiger partial charge in [0.1, 0.15) is 0 Å². The molecule has 0 heterocycles. The lowest BCUT2D eigenvalue weighted by Gasteiger charge is -2.24. The number of nitrogens with zero attached hydrogens (tertiary/aromatic N) is 2. The molecule has 0 bridgehead atoms. The topological polar surface area (TPSA) is 56.1 Å². The van der Waals surface area contributed by atoms with Crippen LogP contribution < -0.4 is 5.32 Å². The predicted molar refractivity (Wildman–Crippen MR) is 64.8 cm³/mol. The molecule has 0 atom stereocenters. The van der Waals surface area contributed by atoms with Gasteiger partial charge in [0.2, 0.25) is 5.91 Å². The van der Waals surface area contributed by atoms with E-state index in [1.807, 2.05) is 18.7 Å². The number of hydrogen-bond donors (Lipinski definition) is 1. The second-order valence-electron chi connectivity index (χ2n) is 4.67. The Morgan fingerprint density at radius 1 is 1.38 bits per heavy atom. The SMILES string of the molecule is CC(C)CNC(=O)CN(CCC#N)C(C)C. The van der Waals surface area contributed by atoms with Gasteiger partial charge in [-0.25, -0.2) is 0 Å². The van der Waals surface area contributed by atoms with Crippen molar-refractivity contribution in [2.75, 3.05) is 19.6 Å². The second kappa shape index (κ2) is 8.12. The Kier molecular flexibility index (Phi) is 7.57. The highest BCUT2D eigenvalue weighted by Crippen LogP contribution is 1.99. The van der Waals surface area contributed by atoms with Gasteiger partial charge in [-0.05, 0) is 19.8 Å². The van der Waals surface area contributed by atoms with Crippen LogP contribution in [-0.4, -0.2) is 36.5 Å². The molecule has 16 heavy (non-hydrogen) atoms. The van der Waals surface area contributed by atoms with Crippen molar-refractivity contribution in [3.8, 4) is 6.07 Å². The predicted octanol–water partition coefficient (Wildman–Crippen LogP) is 1.38. The highest BCUT2D eigenvalue weighted by Gasteiger charge is 2.13. The Hall–Kier alpha value is -1.08. The van der Waals surface area contributed by atoms with Gasteiger partial charge >= 0.3 is 0 Å². The van der Waals surface area contributed by atoms with Crippen molar-refractivity contribution >= 4 is 5.91 Å². The van der Waals surface area contributed by atoms with Crippen LogP contribution in [0.4, 0.5) is 0 Å². The summed E-state index contributed by atoms with van der Waals surface area (Å²) in [6.45, 7) is 9.95. The third-order valence-corrected chi connectivity index (χ3v) is 2.30. The van der Waals surface area contributed by atoms with Crippen LogP contribution in [0.25, 0.3) is 0 Å². The maximum Gasteiger partial charge on any atom is 0.234 e.